The lowest BCUT2D eigenvalue weighted by Crippen LogP contribution is -2.42. The maximum Gasteiger partial charge on any atom is 0.319 e. The van der Waals surface area contributed by atoms with Crippen LogP contribution in [-0.2, 0) is 0 Å². The number of halogens is 5. The van der Waals surface area contributed by atoms with E-state index >= 15 is 0 Å². The Bertz CT molecular complexity index is 634. The van der Waals surface area contributed by atoms with Gasteiger partial charge in [-0.05, 0) is 23.5 Å². The molecule has 0 saturated carbocycles. The van der Waals surface area contributed by atoms with E-state index in [1.807, 2.05) is 27.7 Å². The van der Waals surface area contributed by atoms with Crippen LogP contribution in [-0.4, -0.2) is 25.7 Å². The van der Waals surface area contributed by atoms with Gasteiger partial charge in [0.25, 0.3) is 0 Å². The highest BCUT2D eigenvalue weighted by Crippen LogP contribution is 2.34. The molecule has 10 heteroatoms. The molecule has 148 valence electrons. The van der Waals surface area contributed by atoms with Gasteiger partial charge in [-0.25, -0.2) is 26.7 Å². The number of anilines is 1. The van der Waals surface area contributed by atoms with Gasteiger partial charge < -0.3 is 15.4 Å². The minimum atomic E-state index is -2.52. The molecule has 0 aliphatic rings. The Hall–Kier alpha value is -1.68. The number of hydrogen-bond acceptors (Lipinski definition) is 2. The summed E-state index contributed by atoms with van der Waals surface area (Å²) in [5.74, 6) is -10.8. The first-order chi connectivity index (χ1) is 11.9. The zero-order valence-corrected chi connectivity index (χ0v) is 16.0. The summed E-state index contributed by atoms with van der Waals surface area (Å²) < 4.78 is 66.1. The maximum absolute atomic E-state index is 13.5. The second-order valence-corrected chi connectivity index (χ2v) is 11.5. The summed E-state index contributed by atoms with van der Waals surface area (Å²) in [7, 11) is -2.52. The van der Waals surface area contributed by atoms with Gasteiger partial charge in [0, 0.05) is 6.54 Å². The van der Waals surface area contributed by atoms with Crippen LogP contribution in [0.3, 0.4) is 0 Å². The molecular formula is C16H23F5N2O2Si. The first-order valence-corrected chi connectivity index (χ1v) is 10.5. The zero-order chi connectivity index (χ0) is 20.2. The molecule has 0 spiro atoms. The Balaban J connectivity index is 2.67. The van der Waals surface area contributed by atoms with Gasteiger partial charge in [-0.1, -0.05) is 27.7 Å². The van der Waals surface area contributed by atoms with Crippen LogP contribution in [0.1, 0.15) is 34.1 Å². The van der Waals surface area contributed by atoms with E-state index in [0.717, 1.165) is 0 Å². The summed E-state index contributed by atoms with van der Waals surface area (Å²) in [6, 6.07) is -0.599. The Labute approximate surface area is 149 Å². The predicted molar refractivity (Wildman–Crippen MR) is 90.8 cm³/mol. The van der Waals surface area contributed by atoms with Crippen LogP contribution in [0.2, 0.25) is 17.1 Å². The van der Waals surface area contributed by atoms with E-state index in [1.165, 1.54) is 0 Å². The van der Waals surface area contributed by atoms with E-state index in [1.54, 1.807) is 5.32 Å². The zero-order valence-electron chi connectivity index (χ0n) is 15.0. The largest absolute Gasteiger partial charge is 0.431 e. The summed E-state index contributed by atoms with van der Waals surface area (Å²) >= 11 is 0. The lowest BCUT2D eigenvalue weighted by molar-refractivity contribution is 0.251. The van der Waals surface area contributed by atoms with E-state index in [2.05, 4.69) is 5.32 Å². The number of carbonyl (C=O) groups is 1. The molecule has 1 aromatic carbocycles. The summed E-state index contributed by atoms with van der Waals surface area (Å²) in [4.78, 5) is 22.4. The number of hydrogen-bond donors (Lipinski definition) is 3. The van der Waals surface area contributed by atoms with E-state index in [0.29, 0.717) is 12.5 Å². The molecule has 0 atom stereocenters. The van der Waals surface area contributed by atoms with Gasteiger partial charge in [0.15, 0.2) is 31.6 Å². The Kier molecular flexibility index (Phi) is 7.57. The summed E-state index contributed by atoms with van der Waals surface area (Å²) in [6.07, 6.45) is 0.420. The highest BCUT2D eigenvalue weighted by Gasteiger charge is 2.37. The average molecular weight is 398 g/mol. The Morgan fingerprint density at radius 2 is 1.35 bits per heavy atom. The average Bonchev–Trinajstić information content (AvgIpc) is 2.58. The van der Waals surface area contributed by atoms with Gasteiger partial charge in [0.2, 0.25) is 5.82 Å². The van der Waals surface area contributed by atoms with Gasteiger partial charge in [0.1, 0.15) is 5.69 Å². The van der Waals surface area contributed by atoms with E-state index in [9.17, 15) is 31.5 Å². The molecule has 4 nitrogen and oxygen atoms in total. The first-order valence-electron chi connectivity index (χ1n) is 8.22. The third kappa shape index (κ3) is 4.73. The van der Waals surface area contributed by atoms with Crippen molar-refractivity contribution in [1.82, 2.24) is 5.32 Å². The molecule has 1 rings (SSSR count). The number of rotatable bonds is 7. The van der Waals surface area contributed by atoms with Crippen molar-refractivity contribution < 1.29 is 31.5 Å². The molecule has 1 aromatic rings. The van der Waals surface area contributed by atoms with Crippen molar-refractivity contribution in [3.05, 3.63) is 29.1 Å². The predicted octanol–water partition coefficient (Wildman–Crippen LogP) is 4.65. The molecule has 2 amide bonds. The smallest absolute Gasteiger partial charge is 0.319 e. The van der Waals surface area contributed by atoms with Crippen molar-refractivity contribution in [2.24, 2.45) is 0 Å². The van der Waals surface area contributed by atoms with Crippen molar-refractivity contribution >= 4 is 20.0 Å². The molecule has 0 aromatic heterocycles. The van der Waals surface area contributed by atoms with Gasteiger partial charge >= 0.3 is 6.03 Å². The molecule has 3 N–H and O–H groups in total. The first kappa shape index (κ1) is 22.4. The van der Waals surface area contributed by atoms with Crippen LogP contribution in [0, 0.1) is 29.1 Å². The van der Waals surface area contributed by atoms with Gasteiger partial charge in [-0.2, -0.15) is 0 Å². The SMILES string of the molecule is CC(C)[Si](O)(CCCNC(=O)Nc1c(F)c(F)c(F)c(F)c1F)C(C)C. The summed E-state index contributed by atoms with van der Waals surface area (Å²) in [5, 5.41) is 3.91. The summed E-state index contributed by atoms with van der Waals surface area (Å²) in [5.41, 5.74) is -1.18. The molecule has 26 heavy (non-hydrogen) atoms. The second kappa shape index (κ2) is 8.80. The van der Waals surface area contributed by atoms with Crippen LogP contribution in [0.15, 0.2) is 0 Å². The molecule has 0 radical (unpaired) electrons. The van der Waals surface area contributed by atoms with Crippen molar-refractivity contribution in [3.63, 3.8) is 0 Å². The molecule has 0 bridgehead atoms. The van der Waals surface area contributed by atoms with Crippen LogP contribution in [0.25, 0.3) is 0 Å². The fourth-order valence-corrected chi connectivity index (χ4v) is 5.92. The van der Waals surface area contributed by atoms with Crippen molar-refractivity contribution in [2.75, 3.05) is 11.9 Å². The molecule has 0 aliphatic carbocycles. The lowest BCUT2D eigenvalue weighted by atomic mass is 10.2. The normalized spacial score (nSPS) is 12.0. The second-order valence-electron chi connectivity index (χ2n) is 6.73. The lowest BCUT2D eigenvalue weighted by Gasteiger charge is -2.33. The molecule has 0 unspecified atom stereocenters. The highest BCUT2D eigenvalue weighted by atomic mass is 28.4. The fraction of sp³-hybridized carbons (Fsp3) is 0.562. The quantitative estimate of drug-likeness (QED) is 0.206. The molecular weight excluding hydrogens is 375 g/mol. The highest BCUT2D eigenvalue weighted by molar-refractivity contribution is 6.75. The topological polar surface area (TPSA) is 61.4 Å². The van der Waals surface area contributed by atoms with Crippen LogP contribution < -0.4 is 10.6 Å². The number of urea groups is 1. The number of amides is 2. The van der Waals surface area contributed by atoms with Gasteiger partial charge in [-0.15, -0.1) is 0 Å². The van der Waals surface area contributed by atoms with Crippen molar-refractivity contribution in [1.29, 1.82) is 0 Å². The van der Waals surface area contributed by atoms with Crippen LogP contribution >= 0.6 is 0 Å². The molecule has 0 aliphatic heterocycles. The minimum Gasteiger partial charge on any atom is -0.431 e. The van der Waals surface area contributed by atoms with Gasteiger partial charge in [-0.3, -0.25) is 0 Å². The van der Waals surface area contributed by atoms with Crippen LogP contribution in [0.5, 0.6) is 0 Å². The van der Waals surface area contributed by atoms with E-state index in [4.69, 9.17) is 0 Å². The number of nitrogens with one attached hydrogen (secondary N) is 2. The number of benzene rings is 1. The molecule has 0 fully saturated rings. The van der Waals surface area contributed by atoms with Crippen molar-refractivity contribution in [3.8, 4) is 0 Å². The van der Waals surface area contributed by atoms with Crippen LogP contribution in [0.4, 0.5) is 32.4 Å². The minimum absolute atomic E-state index is 0.0793. The number of carbonyl (C=O) groups excluding carboxylic acids is 1. The van der Waals surface area contributed by atoms with Gasteiger partial charge in [0.05, 0.1) is 0 Å². The van der Waals surface area contributed by atoms with Crippen molar-refractivity contribution in [2.45, 2.75) is 51.2 Å². The third-order valence-corrected chi connectivity index (χ3v) is 9.64. The monoisotopic (exact) mass is 398 g/mol. The summed E-state index contributed by atoms with van der Waals surface area (Å²) in [6.45, 7) is 7.78. The third-order valence-electron chi connectivity index (χ3n) is 4.49. The fourth-order valence-electron chi connectivity index (χ4n) is 2.69. The maximum atomic E-state index is 13.5. The standard InChI is InChI=1S/C16H23F5N2O2Si/c1-8(2)26(25,9(3)4)7-5-6-22-16(24)23-15-13(20)11(18)10(17)12(19)14(15)21/h8-9,25H,5-7H2,1-4H3,(H2,22,23,24). The molecule has 0 heterocycles. The van der Waals surface area contributed by atoms with E-state index < -0.39 is 49.1 Å². The van der Waals surface area contributed by atoms with E-state index in [-0.39, 0.29) is 17.6 Å². The Morgan fingerprint density at radius 1 is 0.923 bits per heavy atom. The Morgan fingerprint density at radius 3 is 1.77 bits per heavy atom. The molecule has 0 saturated heterocycles.